The van der Waals surface area contributed by atoms with Crippen LogP contribution in [0.4, 0.5) is 0 Å². The molecule has 1 amide bonds. The highest BCUT2D eigenvalue weighted by Gasteiger charge is 2.31. The molecule has 0 bridgehead atoms. The van der Waals surface area contributed by atoms with Crippen molar-refractivity contribution in [1.82, 2.24) is 9.80 Å². The number of likely N-dealkylation sites (N-methyl/N-ethyl adjacent to an activating group) is 1. The molecule has 2 heterocycles. The Morgan fingerprint density at radius 1 is 1.21 bits per heavy atom. The maximum absolute atomic E-state index is 12.2. The minimum absolute atomic E-state index is 0.0147. The molecule has 1 atom stereocenters. The summed E-state index contributed by atoms with van der Waals surface area (Å²) >= 11 is 0. The summed E-state index contributed by atoms with van der Waals surface area (Å²) in [5, 5.41) is 0. The normalized spacial score (nSPS) is 27.5. The number of amides is 1. The second-order valence-electron chi connectivity index (χ2n) is 5.77. The van der Waals surface area contributed by atoms with Crippen LogP contribution in [0.1, 0.15) is 32.1 Å². The SMILES string of the molecule is CN(CC(=O)N1CCCCCC1)C1CCS(=O)(=O)C1. The van der Waals surface area contributed by atoms with Crippen LogP contribution in [0.25, 0.3) is 0 Å². The molecule has 0 radical (unpaired) electrons. The standard InChI is InChI=1S/C13H24N2O3S/c1-14(12-6-9-19(17,18)11-12)10-13(16)15-7-4-2-3-5-8-15/h12H,2-11H2,1H3. The van der Waals surface area contributed by atoms with Crippen LogP contribution in [0.2, 0.25) is 0 Å². The highest BCUT2D eigenvalue weighted by molar-refractivity contribution is 7.91. The van der Waals surface area contributed by atoms with Crippen LogP contribution in [0.15, 0.2) is 0 Å². The number of rotatable bonds is 3. The van der Waals surface area contributed by atoms with E-state index in [9.17, 15) is 13.2 Å². The maximum Gasteiger partial charge on any atom is 0.236 e. The molecular formula is C13H24N2O3S. The van der Waals surface area contributed by atoms with Gasteiger partial charge in [-0.1, -0.05) is 12.8 Å². The van der Waals surface area contributed by atoms with Crippen molar-refractivity contribution in [3.8, 4) is 0 Å². The number of sulfone groups is 1. The van der Waals surface area contributed by atoms with Gasteiger partial charge in [-0.15, -0.1) is 0 Å². The molecule has 0 aliphatic carbocycles. The van der Waals surface area contributed by atoms with Gasteiger partial charge in [0, 0.05) is 19.1 Å². The van der Waals surface area contributed by atoms with E-state index in [-0.39, 0.29) is 23.5 Å². The summed E-state index contributed by atoms with van der Waals surface area (Å²) in [6, 6.07) is 0.0147. The zero-order valence-corrected chi connectivity index (χ0v) is 12.5. The second kappa shape index (κ2) is 6.22. The predicted molar refractivity (Wildman–Crippen MR) is 74.7 cm³/mol. The van der Waals surface area contributed by atoms with Gasteiger partial charge in [0.15, 0.2) is 9.84 Å². The van der Waals surface area contributed by atoms with Gasteiger partial charge in [0.1, 0.15) is 0 Å². The van der Waals surface area contributed by atoms with E-state index in [1.165, 1.54) is 12.8 Å². The zero-order chi connectivity index (χ0) is 13.9. The third-order valence-corrected chi connectivity index (χ3v) is 5.93. The summed E-state index contributed by atoms with van der Waals surface area (Å²) in [4.78, 5) is 16.1. The van der Waals surface area contributed by atoms with Gasteiger partial charge in [-0.25, -0.2) is 8.42 Å². The first kappa shape index (κ1) is 14.8. The van der Waals surface area contributed by atoms with Gasteiger partial charge in [0.05, 0.1) is 18.1 Å². The Morgan fingerprint density at radius 2 is 1.84 bits per heavy atom. The van der Waals surface area contributed by atoms with Crippen molar-refractivity contribution in [3.05, 3.63) is 0 Å². The van der Waals surface area contributed by atoms with Crippen LogP contribution in [0.3, 0.4) is 0 Å². The minimum Gasteiger partial charge on any atom is -0.342 e. The largest absolute Gasteiger partial charge is 0.342 e. The van der Waals surface area contributed by atoms with E-state index in [1.54, 1.807) is 0 Å². The van der Waals surface area contributed by atoms with Crippen molar-refractivity contribution in [2.45, 2.75) is 38.1 Å². The monoisotopic (exact) mass is 288 g/mol. The molecule has 0 aromatic carbocycles. The summed E-state index contributed by atoms with van der Waals surface area (Å²) in [7, 11) is -1.01. The third-order valence-electron chi connectivity index (χ3n) is 4.18. The Bertz CT molecular complexity index is 414. The molecule has 110 valence electrons. The molecule has 0 spiro atoms. The fraction of sp³-hybridized carbons (Fsp3) is 0.923. The van der Waals surface area contributed by atoms with E-state index in [2.05, 4.69) is 0 Å². The average molecular weight is 288 g/mol. The lowest BCUT2D eigenvalue weighted by molar-refractivity contribution is -0.132. The highest BCUT2D eigenvalue weighted by atomic mass is 32.2. The molecular weight excluding hydrogens is 264 g/mol. The smallest absolute Gasteiger partial charge is 0.236 e. The van der Waals surface area contributed by atoms with Gasteiger partial charge in [0.25, 0.3) is 0 Å². The number of hydrogen-bond acceptors (Lipinski definition) is 4. The predicted octanol–water partition coefficient (Wildman–Crippen LogP) is 0.508. The van der Waals surface area contributed by atoms with E-state index in [0.717, 1.165) is 25.9 Å². The molecule has 0 aromatic rings. The first-order chi connectivity index (χ1) is 8.98. The van der Waals surface area contributed by atoms with Gasteiger partial charge >= 0.3 is 0 Å². The van der Waals surface area contributed by atoms with Crippen molar-refractivity contribution >= 4 is 15.7 Å². The van der Waals surface area contributed by atoms with Crippen molar-refractivity contribution in [3.63, 3.8) is 0 Å². The van der Waals surface area contributed by atoms with Crippen molar-refractivity contribution in [2.75, 3.05) is 38.2 Å². The number of likely N-dealkylation sites (tertiary alicyclic amines) is 1. The number of carbonyl (C=O) groups is 1. The number of hydrogen-bond donors (Lipinski definition) is 0. The van der Waals surface area contributed by atoms with E-state index in [1.807, 2.05) is 16.8 Å². The van der Waals surface area contributed by atoms with Crippen LogP contribution >= 0.6 is 0 Å². The first-order valence-corrected chi connectivity index (χ1v) is 8.98. The lowest BCUT2D eigenvalue weighted by Crippen LogP contribution is -2.43. The molecule has 2 rings (SSSR count). The summed E-state index contributed by atoms with van der Waals surface area (Å²) < 4.78 is 22.9. The number of nitrogens with zero attached hydrogens (tertiary/aromatic N) is 2. The van der Waals surface area contributed by atoms with Crippen LogP contribution in [-0.4, -0.2) is 68.4 Å². The topological polar surface area (TPSA) is 57.7 Å². The average Bonchev–Trinajstić information content (AvgIpc) is 2.57. The van der Waals surface area contributed by atoms with E-state index in [4.69, 9.17) is 0 Å². The van der Waals surface area contributed by atoms with Crippen LogP contribution in [-0.2, 0) is 14.6 Å². The Hall–Kier alpha value is -0.620. The van der Waals surface area contributed by atoms with Gasteiger partial charge in [-0.3, -0.25) is 9.69 Å². The molecule has 1 unspecified atom stereocenters. The highest BCUT2D eigenvalue weighted by Crippen LogP contribution is 2.17. The molecule has 2 saturated heterocycles. The summed E-state index contributed by atoms with van der Waals surface area (Å²) in [5.41, 5.74) is 0. The van der Waals surface area contributed by atoms with E-state index in [0.29, 0.717) is 13.0 Å². The molecule has 2 aliphatic rings. The molecule has 2 aliphatic heterocycles. The van der Waals surface area contributed by atoms with Gasteiger partial charge in [0.2, 0.25) is 5.91 Å². The second-order valence-corrected chi connectivity index (χ2v) is 8.00. The van der Waals surface area contributed by atoms with E-state index >= 15 is 0 Å². The fourth-order valence-corrected chi connectivity index (χ4v) is 4.69. The van der Waals surface area contributed by atoms with Crippen LogP contribution in [0.5, 0.6) is 0 Å². The molecule has 6 heteroatoms. The molecule has 0 saturated carbocycles. The van der Waals surface area contributed by atoms with Crippen molar-refractivity contribution in [1.29, 1.82) is 0 Å². The fourth-order valence-electron chi connectivity index (χ4n) is 2.89. The molecule has 2 fully saturated rings. The van der Waals surface area contributed by atoms with Gasteiger partial charge in [-0.05, 0) is 26.3 Å². The van der Waals surface area contributed by atoms with Crippen LogP contribution in [0, 0.1) is 0 Å². The van der Waals surface area contributed by atoms with Crippen LogP contribution < -0.4 is 0 Å². The molecule has 0 aromatic heterocycles. The van der Waals surface area contributed by atoms with Gasteiger partial charge < -0.3 is 4.90 Å². The lowest BCUT2D eigenvalue weighted by Gasteiger charge is -2.27. The quantitative estimate of drug-likeness (QED) is 0.759. The molecule has 0 N–H and O–H groups in total. The Kier molecular flexibility index (Phi) is 4.84. The minimum atomic E-state index is -2.87. The number of carbonyl (C=O) groups excluding carboxylic acids is 1. The maximum atomic E-state index is 12.2. The van der Waals surface area contributed by atoms with E-state index < -0.39 is 9.84 Å². The summed E-state index contributed by atoms with van der Waals surface area (Å²) in [6.45, 7) is 2.06. The molecule has 5 nitrogen and oxygen atoms in total. The lowest BCUT2D eigenvalue weighted by atomic mass is 10.2. The van der Waals surface area contributed by atoms with Crippen molar-refractivity contribution in [2.24, 2.45) is 0 Å². The summed E-state index contributed by atoms with van der Waals surface area (Å²) in [6.07, 6.45) is 5.26. The Morgan fingerprint density at radius 3 is 2.37 bits per heavy atom. The Labute approximate surface area is 115 Å². The summed E-state index contributed by atoms with van der Waals surface area (Å²) in [5.74, 6) is 0.616. The Balaban J connectivity index is 1.84. The third kappa shape index (κ3) is 4.18. The molecule has 19 heavy (non-hydrogen) atoms. The first-order valence-electron chi connectivity index (χ1n) is 7.16. The van der Waals surface area contributed by atoms with Crippen molar-refractivity contribution < 1.29 is 13.2 Å². The zero-order valence-electron chi connectivity index (χ0n) is 11.7. The van der Waals surface area contributed by atoms with Gasteiger partial charge in [-0.2, -0.15) is 0 Å².